The quantitative estimate of drug-likeness (QED) is 0.528. The van der Waals surface area contributed by atoms with Crippen molar-refractivity contribution in [1.82, 2.24) is 10.6 Å². The molecule has 1 aliphatic rings. The molecule has 1 fully saturated rings. The molecule has 2 atom stereocenters. The average Bonchev–Trinajstić information content (AvgIpc) is 3.12. The van der Waals surface area contributed by atoms with E-state index in [9.17, 15) is 18.4 Å². The SMILES string of the molecule is CNC(=O)C(NC(=O)CCCCC1CCSS1)c1ccc(F)c(F)c1. The standard InChI is InChI=1S/C17H22F2N2O2S2/c1-20-17(23)16(11-6-7-13(18)14(19)10-11)21-15(22)5-3-2-4-12-8-9-24-25-12/h6-7,10,12,16H,2-5,8-9H2,1H3,(H,20,23)(H,21,22). The topological polar surface area (TPSA) is 58.2 Å². The molecule has 0 radical (unpaired) electrons. The van der Waals surface area contributed by atoms with Crippen LogP contribution in [0.2, 0.25) is 0 Å². The maximum atomic E-state index is 13.4. The van der Waals surface area contributed by atoms with Gasteiger partial charge in [-0.3, -0.25) is 9.59 Å². The van der Waals surface area contributed by atoms with Crippen LogP contribution in [0.15, 0.2) is 18.2 Å². The van der Waals surface area contributed by atoms with Gasteiger partial charge in [0.05, 0.1) is 0 Å². The van der Waals surface area contributed by atoms with E-state index in [1.165, 1.54) is 25.3 Å². The van der Waals surface area contributed by atoms with E-state index in [2.05, 4.69) is 10.6 Å². The van der Waals surface area contributed by atoms with E-state index in [0.717, 1.165) is 31.4 Å². The number of carbonyl (C=O) groups excluding carboxylic acids is 2. The van der Waals surface area contributed by atoms with Crippen LogP contribution >= 0.6 is 21.6 Å². The third-order valence-corrected chi connectivity index (χ3v) is 7.00. The summed E-state index contributed by atoms with van der Waals surface area (Å²) in [5, 5.41) is 5.72. The van der Waals surface area contributed by atoms with Crippen molar-refractivity contribution in [3.63, 3.8) is 0 Å². The van der Waals surface area contributed by atoms with Crippen LogP contribution in [0.3, 0.4) is 0 Å². The molecule has 4 nitrogen and oxygen atoms in total. The average molecular weight is 389 g/mol. The number of rotatable bonds is 8. The smallest absolute Gasteiger partial charge is 0.246 e. The Morgan fingerprint density at radius 3 is 2.72 bits per heavy atom. The van der Waals surface area contributed by atoms with E-state index in [1.54, 1.807) is 0 Å². The normalized spacial score (nSPS) is 18.0. The monoisotopic (exact) mass is 388 g/mol. The number of benzene rings is 1. The minimum Gasteiger partial charge on any atom is -0.357 e. The Labute approximate surface area is 154 Å². The molecule has 1 heterocycles. The van der Waals surface area contributed by atoms with Gasteiger partial charge in [-0.1, -0.05) is 34.1 Å². The minimum absolute atomic E-state index is 0.214. The fourth-order valence-electron chi connectivity index (χ4n) is 2.59. The molecule has 0 bridgehead atoms. The fourth-order valence-corrected chi connectivity index (χ4v) is 5.62. The van der Waals surface area contributed by atoms with Crippen molar-refractivity contribution in [2.24, 2.45) is 0 Å². The lowest BCUT2D eigenvalue weighted by molar-refractivity contribution is -0.129. The summed E-state index contributed by atoms with van der Waals surface area (Å²) in [7, 11) is 5.24. The van der Waals surface area contributed by atoms with Crippen LogP contribution < -0.4 is 10.6 Å². The van der Waals surface area contributed by atoms with Gasteiger partial charge < -0.3 is 10.6 Å². The zero-order valence-corrected chi connectivity index (χ0v) is 15.7. The van der Waals surface area contributed by atoms with Gasteiger partial charge in [0.2, 0.25) is 11.8 Å². The van der Waals surface area contributed by atoms with Crippen molar-refractivity contribution in [1.29, 1.82) is 0 Å². The van der Waals surface area contributed by atoms with Crippen LogP contribution in [0.4, 0.5) is 8.78 Å². The van der Waals surface area contributed by atoms with Crippen molar-refractivity contribution >= 4 is 33.4 Å². The Kier molecular flexibility index (Phi) is 8.02. The van der Waals surface area contributed by atoms with Gasteiger partial charge in [0.25, 0.3) is 0 Å². The molecule has 2 N–H and O–H groups in total. The fraction of sp³-hybridized carbons (Fsp3) is 0.529. The highest BCUT2D eigenvalue weighted by Crippen LogP contribution is 2.39. The predicted octanol–water partition coefficient (Wildman–Crippen LogP) is 3.58. The Morgan fingerprint density at radius 1 is 1.28 bits per heavy atom. The van der Waals surface area contributed by atoms with E-state index in [4.69, 9.17) is 0 Å². The van der Waals surface area contributed by atoms with Gasteiger partial charge >= 0.3 is 0 Å². The molecular weight excluding hydrogens is 366 g/mol. The Balaban J connectivity index is 1.86. The van der Waals surface area contributed by atoms with Crippen molar-refractivity contribution < 1.29 is 18.4 Å². The summed E-state index contributed by atoms with van der Waals surface area (Å²) >= 11 is 0. The van der Waals surface area contributed by atoms with Crippen LogP contribution in [0, 0.1) is 11.6 Å². The van der Waals surface area contributed by atoms with Crippen LogP contribution in [-0.4, -0.2) is 29.9 Å². The molecule has 2 rings (SSSR count). The molecule has 0 aliphatic carbocycles. The number of hydrogen-bond acceptors (Lipinski definition) is 4. The number of hydrogen-bond donors (Lipinski definition) is 2. The molecular formula is C17H22F2N2O2S2. The zero-order chi connectivity index (χ0) is 18.2. The summed E-state index contributed by atoms with van der Waals surface area (Å²) in [6, 6.07) is 2.15. The molecule has 1 aromatic rings. The first-order chi connectivity index (χ1) is 12.0. The molecule has 2 unspecified atom stereocenters. The highest BCUT2D eigenvalue weighted by atomic mass is 33.1. The molecule has 25 heavy (non-hydrogen) atoms. The molecule has 0 aromatic heterocycles. The second kappa shape index (κ2) is 10.0. The predicted molar refractivity (Wildman–Crippen MR) is 98.2 cm³/mol. The minimum atomic E-state index is -1.05. The lowest BCUT2D eigenvalue weighted by Gasteiger charge is -2.18. The number of likely N-dealkylation sites (N-methyl/N-ethyl adjacent to an activating group) is 1. The van der Waals surface area contributed by atoms with Gasteiger partial charge in [-0.25, -0.2) is 8.78 Å². The maximum Gasteiger partial charge on any atom is 0.246 e. The van der Waals surface area contributed by atoms with Gasteiger partial charge in [-0.15, -0.1) is 0 Å². The van der Waals surface area contributed by atoms with Crippen molar-refractivity contribution in [2.45, 2.75) is 43.4 Å². The van der Waals surface area contributed by atoms with Gasteiger partial charge in [-0.2, -0.15) is 0 Å². The largest absolute Gasteiger partial charge is 0.357 e. The first-order valence-corrected chi connectivity index (χ1v) is 10.6. The van der Waals surface area contributed by atoms with Crippen LogP contribution in [-0.2, 0) is 9.59 Å². The molecule has 0 saturated carbocycles. The zero-order valence-electron chi connectivity index (χ0n) is 14.0. The highest BCUT2D eigenvalue weighted by Gasteiger charge is 2.23. The molecule has 138 valence electrons. The van der Waals surface area contributed by atoms with Crippen LogP contribution in [0.5, 0.6) is 0 Å². The van der Waals surface area contributed by atoms with Crippen molar-refractivity contribution in [2.75, 3.05) is 12.8 Å². The molecule has 1 saturated heterocycles. The summed E-state index contributed by atoms with van der Waals surface area (Å²) in [6.45, 7) is 0. The number of amides is 2. The first kappa shape index (κ1) is 20.0. The van der Waals surface area contributed by atoms with E-state index in [-0.39, 0.29) is 11.5 Å². The molecule has 2 amide bonds. The molecule has 0 spiro atoms. The molecule has 8 heteroatoms. The number of halogens is 2. The van der Waals surface area contributed by atoms with Crippen LogP contribution in [0.25, 0.3) is 0 Å². The van der Waals surface area contributed by atoms with Crippen molar-refractivity contribution in [3.05, 3.63) is 35.4 Å². The van der Waals surface area contributed by atoms with Gasteiger partial charge in [-0.05, 0) is 37.0 Å². The summed E-state index contributed by atoms with van der Waals surface area (Å²) in [6.07, 6.45) is 4.32. The second-order valence-electron chi connectivity index (χ2n) is 5.86. The molecule has 1 aliphatic heterocycles. The molecule has 1 aromatic carbocycles. The first-order valence-electron chi connectivity index (χ1n) is 8.25. The number of nitrogens with one attached hydrogen (secondary N) is 2. The van der Waals surface area contributed by atoms with E-state index in [0.29, 0.717) is 11.7 Å². The Hall–Kier alpha value is -1.28. The third-order valence-electron chi connectivity index (χ3n) is 4.00. The second-order valence-corrected chi connectivity index (χ2v) is 8.65. The summed E-state index contributed by atoms with van der Waals surface area (Å²) in [5.74, 6) is -1.59. The highest BCUT2D eigenvalue weighted by molar-refractivity contribution is 8.77. The van der Waals surface area contributed by atoms with Crippen LogP contribution in [0.1, 0.15) is 43.7 Å². The Bertz CT molecular complexity index is 610. The summed E-state index contributed by atoms with van der Waals surface area (Å²) in [5.41, 5.74) is 0.214. The number of unbranched alkanes of at least 4 members (excludes halogenated alkanes) is 1. The maximum absolute atomic E-state index is 13.4. The van der Waals surface area contributed by atoms with E-state index >= 15 is 0 Å². The lowest BCUT2D eigenvalue weighted by Crippen LogP contribution is -2.39. The van der Waals surface area contributed by atoms with Crippen molar-refractivity contribution in [3.8, 4) is 0 Å². The number of carbonyl (C=O) groups is 2. The Morgan fingerprint density at radius 2 is 2.08 bits per heavy atom. The van der Waals surface area contributed by atoms with Gasteiger partial charge in [0.15, 0.2) is 11.6 Å². The third kappa shape index (κ3) is 6.18. The summed E-state index contributed by atoms with van der Waals surface area (Å²) < 4.78 is 26.5. The van der Waals surface area contributed by atoms with E-state index < -0.39 is 23.6 Å². The van der Waals surface area contributed by atoms with Gasteiger partial charge in [0, 0.05) is 24.5 Å². The summed E-state index contributed by atoms with van der Waals surface area (Å²) in [4.78, 5) is 24.1. The lowest BCUT2D eigenvalue weighted by atomic mass is 10.0. The van der Waals surface area contributed by atoms with Gasteiger partial charge in [0.1, 0.15) is 6.04 Å². The van der Waals surface area contributed by atoms with E-state index in [1.807, 2.05) is 21.6 Å².